The summed E-state index contributed by atoms with van der Waals surface area (Å²) in [6.07, 6.45) is 1.92. The molecule has 5 N–H and O–H groups in total. The van der Waals surface area contributed by atoms with Gasteiger partial charge in [-0.05, 0) is 36.2 Å². The fraction of sp³-hybridized carbons (Fsp3) is 0.238. The normalized spacial score (nSPS) is 11.7. The molecule has 2 amide bonds. The molecular formula is C21H24FN7O2. The zero-order chi connectivity index (χ0) is 22.4. The summed E-state index contributed by atoms with van der Waals surface area (Å²) in [4.78, 5) is 28.3. The highest BCUT2D eigenvalue weighted by Crippen LogP contribution is 2.23. The Hall–Kier alpha value is -3.79. The third kappa shape index (κ3) is 5.86. The average molecular weight is 425 g/mol. The molecule has 1 atom stereocenters. The van der Waals surface area contributed by atoms with E-state index in [1.165, 1.54) is 12.1 Å². The molecule has 0 bridgehead atoms. The number of nitrogens with two attached hydrogens (primary N) is 1. The first-order valence-electron chi connectivity index (χ1n) is 9.61. The van der Waals surface area contributed by atoms with Crippen LogP contribution in [-0.2, 0) is 23.1 Å². The molecule has 10 heteroatoms. The Labute approximate surface area is 178 Å². The minimum Gasteiger partial charge on any atom is -0.373 e. The van der Waals surface area contributed by atoms with Crippen LogP contribution in [0.25, 0.3) is 11.3 Å². The van der Waals surface area contributed by atoms with Crippen LogP contribution in [0.3, 0.4) is 0 Å². The van der Waals surface area contributed by atoms with Crippen LogP contribution in [0.1, 0.15) is 5.56 Å². The van der Waals surface area contributed by atoms with Crippen molar-refractivity contribution >= 4 is 23.5 Å². The number of pyridine rings is 1. The molecule has 0 spiro atoms. The van der Waals surface area contributed by atoms with Crippen LogP contribution < -0.4 is 21.7 Å². The topological polar surface area (TPSA) is 127 Å². The number of nitrogens with zero attached hydrogens (tertiary/aromatic N) is 3. The first-order chi connectivity index (χ1) is 14.9. The van der Waals surface area contributed by atoms with Crippen LogP contribution in [0.2, 0.25) is 0 Å². The molecule has 0 saturated heterocycles. The highest BCUT2D eigenvalue weighted by atomic mass is 19.1. The fourth-order valence-corrected chi connectivity index (χ4v) is 3.00. The van der Waals surface area contributed by atoms with Gasteiger partial charge in [-0.15, -0.1) is 0 Å². The summed E-state index contributed by atoms with van der Waals surface area (Å²) in [5.41, 5.74) is 7.45. The number of nitrogens with one attached hydrogen (secondary N) is 3. The second-order valence-corrected chi connectivity index (χ2v) is 6.94. The predicted octanol–water partition coefficient (Wildman–Crippen LogP) is 1.29. The summed E-state index contributed by atoms with van der Waals surface area (Å²) in [7, 11) is 3.49. The van der Waals surface area contributed by atoms with Crippen molar-refractivity contribution in [3.8, 4) is 11.3 Å². The second kappa shape index (κ2) is 9.81. The minimum atomic E-state index is -0.756. The number of rotatable bonds is 9. The average Bonchev–Trinajstić information content (AvgIpc) is 3.12. The first-order valence-corrected chi connectivity index (χ1v) is 9.61. The number of benzene rings is 1. The van der Waals surface area contributed by atoms with Crippen LogP contribution in [0.5, 0.6) is 0 Å². The van der Waals surface area contributed by atoms with E-state index in [1.807, 2.05) is 12.1 Å². The predicted molar refractivity (Wildman–Crippen MR) is 116 cm³/mol. The van der Waals surface area contributed by atoms with Crippen molar-refractivity contribution in [2.24, 2.45) is 12.8 Å². The lowest BCUT2D eigenvalue weighted by Gasteiger charge is -2.18. The molecular weight excluding hydrogens is 401 g/mol. The maximum Gasteiger partial charge on any atom is 0.243 e. The molecule has 3 aromatic rings. The van der Waals surface area contributed by atoms with Gasteiger partial charge in [-0.25, -0.2) is 9.37 Å². The number of anilines is 2. The maximum absolute atomic E-state index is 13.2. The SMILES string of the molecule is CNc1cc(-c2cc(NC(=O)[C@H](Cc3ccc(F)cc3)NCC(N)=O)n(C)n2)ccn1. The lowest BCUT2D eigenvalue weighted by Crippen LogP contribution is -2.45. The molecule has 0 unspecified atom stereocenters. The van der Waals surface area contributed by atoms with Gasteiger partial charge in [0.05, 0.1) is 18.3 Å². The maximum atomic E-state index is 13.2. The summed E-state index contributed by atoms with van der Waals surface area (Å²) in [5, 5.41) is 13.1. The van der Waals surface area contributed by atoms with Gasteiger partial charge in [0, 0.05) is 31.9 Å². The third-order valence-electron chi connectivity index (χ3n) is 4.64. The molecule has 9 nitrogen and oxygen atoms in total. The highest BCUT2D eigenvalue weighted by Gasteiger charge is 2.21. The van der Waals surface area contributed by atoms with Crippen LogP contribution in [0.15, 0.2) is 48.7 Å². The molecule has 3 rings (SSSR count). The van der Waals surface area contributed by atoms with Crippen LogP contribution in [0, 0.1) is 5.82 Å². The Kier molecular flexibility index (Phi) is 6.93. The Bertz CT molecular complexity index is 1070. The van der Waals surface area contributed by atoms with Gasteiger partial charge in [0.1, 0.15) is 17.5 Å². The van der Waals surface area contributed by atoms with Crippen molar-refractivity contribution in [3.05, 3.63) is 60.0 Å². The van der Waals surface area contributed by atoms with Crippen molar-refractivity contribution in [1.29, 1.82) is 0 Å². The Morgan fingerprint density at radius 3 is 2.61 bits per heavy atom. The number of hydrogen-bond donors (Lipinski definition) is 4. The van der Waals surface area contributed by atoms with Crippen LogP contribution in [0.4, 0.5) is 16.0 Å². The van der Waals surface area contributed by atoms with Gasteiger partial charge in [0.15, 0.2) is 0 Å². The second-order valence-electron chi connectivity index (χ2n) is 6.94. The Morgan fingerprint density at radius 2 is 1.94 bits per heavy atom. The lowest BCUT2D eigenvalue weighted by atomic mass is 10.0. The van der Waals surface area contributed by atoms with Crippen molar-refractivity contribution in [2.45, 2.75) is 12.5 Å². The number of halogens is 1. The molecule has 31 heavy (non-hydrogen) atoms. The number of aromatic nitrogens is 3. The van der Waals surface area contributed by atoms with E-state index in [9.17, 15) is 14.0 Å². The van der Waals surface area contributed by atoms with Gasteiger partial charge in [-0.1, -0.05) is 12.1 Å². The Balaban J connectivity index is 1.77. The monoisotopic (exact) mass is 425 g/mol. The van der Waals surface area contributed by atoms with Gasteiger partial charge in [0.25, 0.3) is 0 Å². The van der Waals surface area contributed by atoms with E-state index in [-0.39, 0.29) is 24.7 Å². The zero-order valence-electron chi connectivity index (χ0n) is 17.2. The largest absolute Gasteiger partial charge is 0.373 e. The van der Waals surface area contributed by atoms with Gasteiger partial charge >= 0.3 is 0 Å². The molecule has 162 valence electrons. The van der Waals surface area contributed by atoms with E-state index in [1.54, 1.807) is 43.2 Å². The van der Waals surface area contributed by atoms with Crippen molar-refractivity contribution < 1.29 is 14.0 Å². The lowest BCUT2D eigenvalue weighted by molar-refractivity contribution is -0.119. The van der Waals surface area contributed by atoms with E-state index in [2.05, 4.69) is 26.0 Å². The quantitative estimate of drug-likeness (QED) is 0.409. The number of amides is 2. The molecule has 0 aliphatic carbocycles. The standard InChI is InChI=1S/C21H24FN7O2/c1-24-19-10-14(7-8-25-19)16-11-20(29(2)28-16)27-21(31)17(26-12-18(23)30)9-13-3-5-15(22)6-4-13/h3-8,10-11,17,26H,9,12H2,1-2H3,(H2,23,30)(H,24,25)(H,27,31)/t17-/m0/s1. The van der Waals surface area contributed by atoms with E-state index in [0.717, 1.165) is 11.1 Å². The molecule has 0 fully saturated rings. The van der Waals surface area contributed by atoms with E-state index < -0.39 is 11.9 Å². The zero-order valence-corrected chi connectivity index (χ0v) is 17.2. The first kappa shape index (κ1) is 21.9. The molecule has 0 aliphatic heterocycles. The van der Waals surface area contributed by atoms with Crippen molar-refractivity contribution in [2.75, 3.05) is 24.2 Å². The molecule has 0 saturated carbocycles. The molecule has 0 radical (unpaired) electrons. The van der Waals surface area contributed by atoms with E-state index >= 15 is 0 Å². The number of primary amides is 1. The van der Waals surface area contributed by atoms with E-state index in [0.29, 0.717) is 17.3 Å². The fourth-order valence-electron chi connectivity index (χ4n) is 3.00. The van der Waals surface area contributed by atoms with Crippen LogP contribution in [-0.4, -0.2) is 46.2 Å². The molecule has 1 aromatic carbocycles. The molecule has 2 aromatic heterocycles. The smallest absolute Gasteiger partial charge is 0.243 e. The third-order valence-corrected chi connectivity index (χ3v) is 4.64. The molecule has 0 aliphatic rings. The van der Waals surface area contributed by atoms with Gasteiger partial charge in [-0.2, -0.15) is 5.10 Å². The van der Waals surface area contributed by atoms with E-state index in [4.69, 9.17) is 5.73 Å². The highest BCUT2D eigenvalue weighted by molar-refractivity contribution is 5.95. The molecule has 2 heterocycles. The summed E-state index contributed by atoms with van der Waals surface area (Å²) in [5.74, 6) is -0.144. The van der Waals surface area contributed by atoms with Crippen molar-refractivity contribution in [3.63, 3.8) is 0 Å². The van der Waals surface area contributed by atoms with Crippen molar-refractivity contribution in [1.82, 2.24) is 20.1 Å². The number of hydrogen-bond acceptors (Lipinski definition) is 6. The number of carbonyl (C=O) groups excluding carboxylic acids is 2. The number of carbonyl (C=O) groups is 2. The minimum absolute atomic E-state index is 0.167. The summed E-state index contributed by atoms with van der Waals surface area (Å²) in [6.45, 7) is -0.167. The van der Waals surface area contributed by atoms with Gasteiger partial charge in [-0.3, -0.25) is 19.6 Å². The number of aryl methyl sites for hydroxylation is 1. The summed E-state index contributed by atoms with van der Waals surface area (Å²) < 4.78 is 14.7. The van der Waals surface area contributed by atoms with Gasteiger partial charge < -0.3 is 16.4 Å². The van der Waals surface area contributed by atoms with Crippen LogP contribution >= 0.6 is 0 Å². The summed E-state index contributed by atoms with van der Waals surface area (Å²) >= 11 is 0. The van der Waals surface area contributed by atoms with Gasteiger partial charge in [0.2, 0.25) is 11.8 Å². The summed E-state index contributed by atoms with van der Waals surface area (Å²) in [6, 6.07) is 10.5. The Morgan fingerprint density at radius 1 is 1.19 bits per heavy atom.